The molecule has 2 amide bonds. The minimum absolute atomic E-state index is 0.0977. The van der Waals surface area contributed by atoms with E-state index >= 15 is 0 Å². The van der Waals surface area contributed by atoms with Crippen LogP contribution in [-0.4, -0.2) is 65.4 Å². The number of urea groups is 1. The summed E-state index contributed by atoms with van der Waals surface area (Å²) in [5.74, 6) is 0.967. The lowest BCUT2D eigenvalue weighted by molar-refractivity contribution is -0.140. The molecule has 110 valence electrons. The molecule has 2 atom stereocenters. The lowest BCUT2D eigenvalue weighted by Gasteiger charge is -2.33. The summed E-state index contributed by atoms with van der Waals surface area (Å²) in [7, 11) is 0. The Kier molecular flexibility index (Phi) is 7.01. The van der Waals surface area contributed by atoms with Crippen molar-refractivity contribution in [2.45, 2.75) is 32.4 Å². The van der Waals surface area contributed by atoms with Crippen molar-refractivity contribution >= 4 is 23.8 Å². The molecule has 1 rings (SSSR count). The molecule has 1 fully saturated rings. The molecule has 0 aromatic carbocycles. The van der Waals surface area contributed by atoms with E-state index in [4.69, 9.17) is 9.84 Å². The number of nitrogens with one attached hydrogen (secondary N) is 1. The van der Waals surface area contributed by atoms with E-state index in [0.29, 0.717) is 6.61 Å². The van der Waals surface area contributed by atoms with Gasteiger partial charge in [-0.15, -0.1) is 0 Å². The van der Waals surface area contributed by atoms with E-state index < -0.39 is 12.1 Å². The van der Waals surface area contributed by atoms with Crippen LogP contribution in [0, 0.1) is 0 Å². The van der Waals surface area contributed by atoms with Crippen molar-refractivity contribution in [3.05, 3.63) is 0 Å². The average molecular weight is 290 g/mol. The third-order valence-corrected chi connectivity index (χ3v) is 4.10. The maximum atomic E-state index is 12.0. The van der Waals surface area contributed by atoms with E-state index in [1.807, 2.05) is 18.7 Å². The molecule has 0 aliphatic carbocycles. The second-order valence-electron chi connectivity index (χ2n) is 4.48. The van der Waals surface area contributed by atoms with Crippen LogP contribution < -0.4 is 5.32 Å². The number of nitrogens with zero attached hydrogens (tertiary/aromatic N) is 1. The van der Waals surface area contributed by atoms with Gasteiger partial charge in [-0.25, -0.2) is 4.79 Å². The Morgan fingerprint density at radius 3 is 2.89 bits per heavy atom. The van der Waals surface area contributed by atoms with Crippen molar-refractivity contribution in [2.24, 2.45) is 0 Å². The third-order valence-electron chi connectivity index (χ3n) is 2.91. The van der Waals surface area contributed by atoms with Gasteiger partial charge in [-0.05, 0) is 13.8 Å². The molecule has 1 saturated heterocycles. The Labute approximate surface area is 117 Å². The number of hydrogen-bond donors (Lipinski definition) is 2. The third kappa shape index (κ3) is 5.69. The number of carbonyl (C=O) groups is 2. The standard InChI is InChI=1S/C12H22N2O4S/c1-3-18-10(6-11(15)16)7-13-12(17)14-4-5-19-8-9(14)2/h9-10H,3-8H2,1-2H3,(H,13,17)(H,15,16). The first kappa shape index (κ1) is 16.1. The van der Waals surface area contributed by atoms with Crippen molar-refractivity contribution in [3.8, 4) is 0 Å². The van der Waals surface area contributed by atoms with Crippen molar-refractivity contribution in [2.75, 3.05) is 31.2 Å². The van der Waals surface area contributed by atoms with Crippen molar-refractivity contribution in [1.82, 2.24) is 10.2 Å². The van der Waals surface area contributed by atoms with Gasteiger partial charge in [0.25, 0.3) is 0 Å². The summed E-state index contributed by atoms with van der Waals surface area (Å²) in [6.45, 7) is 5.22. The minimum Gasteiger partial charge on any atom is -0.481 e. The van der Waals surface area contributed by atoms with E-state index in [-0.39, 0.29) is 25.0 Å². The number of hydrogen-bond acceptors (Lipinski definition) is 4. The Morgan fingerprint density at radius 2 is 2.32 bits per heavy atom. The first-order valence-corrected chi connectivity index (χ1v) is 7.65. The quantitative estimate of drug-likeness (QED) is 0.763. The number of rotatable bonds is 6. The first-order chi connectivity index (χ1) is 9.04. The molecule has 0 bridgehead atoms. The highest BCUT2D eigenvalue weighted by Crippen LogP contribution is 2.15. The predicted octanol–water partition coefficient (Wildman–Crippen LogP) is 1.01. The van der Waals surface area contributed by atoms with Gasteiger partial charge < -0.3 is 20.1 Å². The number of carboxylic acids is 1. The van der Waals surface area contributed by atoms with Gasteiger partial charge in [0.05, 0.1) is 12.5 Å². The largest absolute Gasteiger partial charge is 0.481 e. The zero-order chi connectivity index (χ0) is 14.3. The van der Waals surface area contributed by atoms with E-state index in [9.17, 15) is 9.59 Å². The maximum absolute atomic E-state index is 12.0. The normalized spacial score (nSPS) is 20.9. The van der Waals surface area contributed by atoms with Gasteiger partial charge in [0, 0.05) is 37.2 Å². The number of carbonyl (C=O) groups excluding carboxylic acids is 1. The van der Waals surface area contributed by atoms with Gasteiger partial charge in [0.15, 0.2) is 0 Å². The number of carboxylic acid groups (broad SMARTS) is 1. The fourth-order valence-electron chi connectivity index (χ4n) is 1.95. The highest BCUT2D eigenvalue weighted by atomic mass is 32.2. The zero-order valence-electron chi connectivity index (χ0n) is 11.4. The van der Waals surface area contributed by atoms with Gasteiger partial charge in [-0.3, -0.25) is 4.79 Å². The number of thioether (sulfide) groups is 1. The molecule has 1 heterocycles. The summed E-state index contributed by atoms with van der Waals surface area (Å²) in [4.78, 5) is 24.5. The summed E-state index contributed by atoms with van der Waals surface area (Å²) in [5.41, 5.74) is 0. The van der Waals surface area contributed by atoms with Crippen molar-refractivity contribution in [1.29, 1.82) is 0 Å². The van der Waals surface area contributed by atoms with Crippen LogP contribution in [-0.2, 0) is 9.53 Å². The molecule has 1 aliphatic rings. The lowest BCUT2D eigenvalue weighted by atomic mass is 10.2. The Bertz CT molecular complexity index is 314. The second kappa shape index (κ2) is 8.27. The average Bonchev–Trinajstić information content (AvgIpc) is 2.36. The van der Waals surface area contributed by atoms with E-state index in [0.717, 1.165) is 18.1 Å². The maximum Gasteiger partial charge on any atom is 0.317 e. The SMILES string of the molecule is CCOC(CNC(=O)N1CCSCC1C)CC(=O)O. The Hall–Kier alpha value is -0.950. The molecule has 2 N–H and O–H groups in total. The number of amides is 2. The molecular weight excluding hydrogens is 268 g/mol. The fraction of sp³-hybridized carbons (Fsp3) is 0.833. The van der Waals surface area contributed by atoms with E-state index in [1.54, 1.807) is 11.8 Å². The molecule has 0 saturated carbocycles. The molecule has 0 spiro atoms. The molecule has 0 aromatic heterocycles. The molecule has 7 heteroatoms. The minimum atomic E-state index is -0.921. The zero-order valence-corrected chi connectivity index (χ0v) is 12.2. The lowest BCUT2D eigenvalue weighted by Crippen LogP contribution is -2.50. The summed E-state index contributed by atoms with van der Waals surface area (Å²) < 4.78 is 5.30. The van der Waals surface area contributed by atoms with Crippen LogP contribution in [0.25, 0.3) is 0 Å². The Morgan fingerprint density at radius 1 is 1.58 bits per heavy atom. The monoisotopic (exact) mass is 290 g/mol. The van der Waals surface area contributed by atoms with Crippen LogP contribution in [0.3, 0.4) is 0 Å². The predicted molar refractivity (Wildman–Crippen MR) is 74.6 cm³/mol. The van der Waals surface area contributed by atoms with Gasteiger partial charge in [0.2, 0.25) is 0 Å². The smallest absolute Gasteiger partial charge is 0.317 e. The molecule has 2 unspecified atom stereocenters. The fourth-order valence-corrected chi connectivity index (χ4v) is 2.97. The molecule has 1 aliphatic heterocycles. The summed E-state index contributed by atoms with van der Waals surface area (Å²) in [6.07, 6.45) is -0.569. The van der Waals surface area contributed by atoms with Crippen LogP contribution in [0.4, 0.5) is 4.79 Å². The molecule has 6 nitrogen and oxygen atoms in total. The van der Waals surface area contributed by atoms with Crippen LogP contribution in [0.15, 0.2) is 0 Å². The van der Waals surface area contributed by atoms with Gasteiger partial charge in [0.1, 0.15) is 0 Å². The highest BCUT2D eigenvalue weighted by Gasteiger charge is 2.24. The van der Waals surface area contributed by atoms with Crippen LogP contribution >= 0.6 is 11.8 Å². The summed E-state index contributed by atoms with van der Waals surface area (Å²) in [6, 6.07) is 0.0756. The van der Waals surface area contributed by atoms with Gasteiger partial charge >= 0.3 is 12.0 Å². The van der Waals surface area contributed by atoms with Crippen molar-refractivity contribution in [3.63, 3.8) is 0 Å². The number of ether oxygens (including phenoxy) is 1. The van der Waals surface area contributed by atoms with E-state index in [1.165, 1.54) is 0 Å². The topological polar surface area (TPSA) is 78.9 Å². The van der Waals surface area contributed by atoms with Crippen LogP contribution in [0.2, 0.25) is 0 Å². The van der Waals surface area contributed by atoms with Gasteiger partial charge in [-0.1, -0.05) is 0 Å². The Balaban J connectivity index is 2.39. The molecule has 19 heavy (non-hydrogen) atoms. The van der Waals surface area contributed by atoms with Crippen LogP contribution in [0.1, 0.15) is 20.3 Å². The highest BCUT2D eigenvalue weighted by molar-refractivity contribution is 7.99. The molecule has 0 aromatic rings. The van der Waals surface area contributed by atoms with Crippen molar-refractivity contribution < 1.29 is 19.4 Å². The first-order valence-electron chi connectivity index (χ1n) is 6.50. The van der Waals surface area contributed by atoms with Gasteiger partial charge in [-0.2, -0.15) is 11.8 Å². The second-order valence-corrected chi connectivity index (χ2v) is 5.63. The number of aliphatic carboxylic acids is 1. The van der Waals surface area contributed by atoms with Crippen LogP contribution in [0.5, 0.6) is 0 Å². The molecular formula is C12H22N2O4S. The summed E-state index contributed by atoms with van der Waals surface area (Å²) in [5, 5.41) is 11.5. The summed E-state index contributed by atoms with van der Waals surface area (Å²) >= 11 is 1.84. The van der Waals surface area contributed by atoms with E-state index in [2.05, 4.69) is 5.32 Å². The molecule has 0 radical (unpaired) electrons.